The molecule has 1 aliphatic heterocycles. The summed E-state index contributed by atoms with van der Waals surface area (Å²) in [5, 5.41) is 14.0. The zero-order chi connectivity index (χ0) is 14.3. The minimum absolute atomic E-state index is 0.0764. The number of thiazole rings is 1. The quantitative estimate of drug-likeness (QED) is 0.815. The summed E-state index contributed by atoms with van der Waals surface area (Å²) < 4.78 is 0.919. The maximum absolute atomic E-state index is 11.6. The number of hydrogen-bond donors (Lipinski definition) is 2. The van der Waals surface area contributed by atoms with Gasteiger partial charge in [0.05, 0.1) is 5.69 Å². The molecule has 1 aromatic carbocycles. The van der Waals surface area contributed by atoms with Crippen molar-refractivity contribution in [2.45, 2.75) is 0 Å². The lowest BCUT2D eigenvalue weighted by molar-refractivity contribution is -0.124. The van der Waals surface area contributed by atoms with Gasteiger partial charge < -0.3 is 5.11 Å². The number of carbonyl (C=O) groups is 2. The summed E-state index contributed by atoms with van der Waals surface area (Å²) in [7, 11) is 0. The molecular weight excluding hydrogens is 344 g/mol. The summed E-state index contributed by atoms with van der Waals surface area (Å²) in [5.41, 5.74) is 1.11. The van der Waals surface area contributed by atoms with Gasteiger partial charge in [0.1, 0.15) is 10.6 Å². The molecule has 2 amide bonds. The zero-order valence-corrected chi connectivity index (χ0v) is 12.3. The van der Waals surface area contributed by atoms with Crippen LogP contribution in [-0.2, 0) is 9.59 Å². The third kappa shape index (κ3) is 2.14. The molecule has 0 saturated carbocycles. The Morgan fingerprint density at radius 2 is 2.05 bits per heavy atom. The highest BCUT2D eigenvalue weighted by atomic mass is 79.9. The Balaban J connectivity index is 2.03. The third-order valence-corrected chi connectivity index (χ3v) is 4.12. The molecule has 0 spiro atoms. The van der Waals surface area contributed by atoms with Gasteiger partial charge in [-0.1, -0.05) is 28.1 Å². The van der Waals surface area contributed by atoms with Gasteiger partial charge in [-0.25, -0.2) is 4.98 Å². The number of halogens is 1. The highest BCUT2D eigenvalue weighted by Crippen LogP contribution is 2.30. The number of aromatic nitrogens is 1. The van der Waals surface area contributed by atoms with Gasteiger partial charge in [0.25, 0.3) is 11.8 Å². The third-order valence-electron chi connectivity index (χ3n) is 2.74. The van der Waals surface area contributed by atoms with E-state index < -0.39 is 17.6 Å². The molecule has 0 unspecified atom stereocenters. The molecule has 0 saturated heterocycles. The first kappa shape index (κ1) is 13.0. The van der Waals surface area contributed by atoms with E-state index in [2.05, 4.69) is 20.9 Å². The second-order valence-electron chi connectivity index (χ2n) is 4.06. The summed E-state index contributed by atoms with van der Waals surface area (Å²) >= 11 is 4.71. The van der Waals surface area contributed by atoms with Crippen LogP contribution in [0.4, 0.5) is 0 Å². The Morgan fingerprint density at radius 1 is 1.25 bits per heavy atom. The number of rotatable bonds is 2. The predicted molar refractivity (Wildman–Crippen MR) is 77.9 cm³/mol. The fourth-order valence-electron chi connectivity index (χ4n) is 1.83. The minimum atomic E-state index is -0.790. The van der Waals surface area contributed by atoms with E-state index in [9.17, 15) is 14.7 Å². The van der Waals surface area contributed by atoms with Gasteiger partial charge in [-0.3, -0.25) is 14.9 Å². The molecule has 1 aromatic heterocycles. The first-order valence-corrected chi connectivity index (χ1v) is 7.24. The van der Waals surface area contributed by atoms with E-state index >= 15 is 0 Å². The van der Waals surface area contributed by atoms with E-state index in [1.165, 1.54) is 11.3 Å². The maximum Gasteiger partial charge on any atom is 0.293 e. The first-order chi connectivity index (χ1) is 9.56. The van der Waals surface area contributed by atoms with Crippen LogP contribution >= 0.6 is 27.3 Å². The van der Waals surface area contributed by atoms with E-state index in [4.69, 9.17) is 0 Å². The molecule has 3 rings (SSSR count). The standard InChI is InChI=1S/C13H7BrN2O3S/c14-7-3-1-2-6(4-7)13-15-8(5-20-13)9-10(17)12(19)16-11(9)18/h1-5H,(H2,16,17,18,19). The minimum Gasteiger partial charge on any atom is -0.502 e. The van der Waals surface area contributed by atoms with E-state index in [0.717, 1.165) is 10.0 Å². The normalized spacial score (nSPS) is 14.8. The smallest absolute Gasteiger partial charge is 0.293 e. The molecule has 100 valence electrons. The van der Waals surface area contributed by atoms with Crippen molar-refractivity contribution in [3.63, 3.8) is 0 Å². The van der Waals surface area contributed by atoms with Crippen LogP contribution in [0.2, 0.25) is 0 Å². The molecule has 0 aliphatic carbocycles. The summed E-state index contributed by atoms with van der Waals surface area (Å²) in [6, 6.07) is 7.57. The van der Waals surface area contributed by atoms with Crippen molar-refractivity contribution in [1.82, 2.24) is 10.3 Å². The van der Waals surface area contributed by atoms with Crippen molar-refractivity contribution >= 4 is 44.7 Å². The summed E-state index contributed by atoms with van der Waals surface area (Å²) in [5.74, 6) is -2.00. The molecule has 20 heavy (non-hydrogen) atoms. The van der Waals surface area contributed by atoms with Crippen LogP contribution in [0.15, 0.2) is 39.9 Å². The maximum atomic E-state index is 11.6. The first-order valence-electron chi connectivity index (χ1n) is 5.57. The van der Waals surface area contributed by atoms with Gasteiger partial charge in [0.15, 0.2) is 5.76 Å². The van der Waals surface area contributed by atoms with Crippen molar-refractivity contribution in [3.8, 4) is 10.6 Å². The molecule has 5 nitrogen and oxygen atoms in total. The number of nitrogens with one attached hydrogen (secondary N) is 1. The van der Waals surface area contributed by atoms with Crippen LogP contribution in [0.3, 0.4) is 0 Å². The SMILES string of the molecule is O=C1NC(=O)C(c2csc(-c3cccc(Br)c3)n2)=C1O. The molecule has 0 fully saturated rings. The second kappa shape index (κ2) is 4.84. The number of imide groups is 1. The lowest BCUT2D eigenvalue weighted by atomic mass is 10.2. The van der Waals surface area contributed by atoms with Gasteiger partial charge in [0.2, 0.25) is 0 Å². The van der Waals surface area contributed by atoms with Crippen LogP contribution in [0, 0.1) is 0 Å². The van der Waals surface area contributed by atoms with Gasteiger partial charge >= 0.3 is 0 Å². The lowest BCUT2D eigenvalue weighted by Gasteiger charge is -1.97. The summed E-state index contributed by atoms with van der Waals surface area (Å²) in [4.78, 5) is 27.1. The number of amides is 2. The van der Waals surface area contributed by atoms with Gasteiger partial charge in [-0.2, -0.15) is 0 Å². The van der Waals surface area contributed by atoms with Gasteiger partial charge in [0, 0.05) is 15.4 Å². The molecule has 2 N–H and O–H groups in total. The van der Waals surface area contributed by atoms with E-state index in [0.29, 0.717) is 10.7 Å². The average molecular weight is 351 g/mol. The molecule has 2 aromatic rings. The topological polar surface area (TPSA) is 79.3 Å². The number of carbonyl (C=O) groups excluding carboxylic acids is 2. The molecule has 2 heterocycles. The van der Waals surface area contributed by atoms with Crippen LogP contribution in [0.5, 0.6) is 0 Å². The van der Waals surface area contributed by atoms with E-state index in [1.807, 2.05) is 29.6 Å². The predicted octanol–water partition coefficient (Wildman–Crippen LogP) is 2.50. The fourth-order valence-corrected chi connectivity index (χ4v) is 3.03. The second-order valence-corrected chi connectivity index (χ2v) is 5.83. The summed E-state index contributed by atoms with van der Waals surface area (Å²) in [6.07, 6.45) is 0. The van der Waals surface area contributed by atoms with E-state index in [1.54, 1.807) is 5.38 Å². The Kier molecular flexibility index (Phi) is 3.15. The van der Waals surface area contributed by atoms with Gasteiger partial charge in [-0.05, 0) is 12.1 Å². The highest BCUT2D eigenvalue weighted by Gasteiger charge is 2.32. The summed E-state index contributed by atoms with van der Waals surface area (Å²) in [6.45, 7) is 0. The van der Waals surface area contributed by atoms with E-state index in [-0.39, 0.29) is 5.57 Å². The Bertz CT molecular complexity index is 766. The molecule has 7 heteroatoms. The van der Waals surface area contributed by atoms with Crippen molar-refractivity contribution in [1.29, 1.82) is 0 Å². The number of benzene rings is 1. The van der Waals surface area contributed by atoms with Crippen LogP contribution in [-0.4, -0.2) is 21.9 Å². The molecular formula is C13H7BrN2O3S. The zero-order valence-electron chi connectivity index (χ0n) is 9.88. The molecule has 0 bridgehead atoms. The number of hydrogen-bond acceptors (Lipinski definition) is 5. The van der Waals surface area contributed by atoms with Crippen molar-refractivity contribution in [2.24, 2.45) is 0 Å². The average Bonchev–Trinajstić information content (AvgIpc) is 2.96. The van der Waals surface area contributed by atoms with Crippen LogP contribution < -0.4 is 5.32 Å². The largest absolute Gasteiger partial charge is 0.502 e. The van der Waals surface area contributed by atoms with Crippen LogP contribution in [0.1, 0.15) is 5.69 Å². The monoisotopic (exact) mass is 350 g/mol. The van der Waals surface area contributed by atoms with Crippen molar-refractivity contribution < 1.29 is 14.7 Å². The molecule has 0 radical (unpaired) electrons. The Morgan fingerprint density at radius 3 is 2.70 bits per heavy atom. The number of nitrogens with zero attached hydrogens (tertiary/aromatic N) is 1. The molecule has 0 atom stereocenters. The Labute approximate surface area is 126 Å². The van der Waals surface area contributed by atoms with Gasteiger partial charge in [-0.15, -0.1) is 11.3 Å². The highest BCUT2D eigenvalue weighted by molar-refractivity contribution is 9.10. The number of aliphatic hydroxyl groups excluding tert-OH is 1. The lowest BCUT2D eigenvalue weighted by Crippen LogP contribution is -2.22. The van der Waals surface area contributed by atoms with Crippen LogP contribution in [0.25, 0.3) is 16.1 Å². The fraction of sp³-hybridized carbons (Fsp3) is 0. The van der Waals surface area contributed by atoms with Crippen molar-refractivity contribution in [2.75, 3.05) is 0 Å². The Hall–Kier alpha value is -1.99. The molecule has 1 aliphatic rings. The number of aliphatic hydroxyl groups is 1. The van der Waals surface area contributed by atoms with Crippen molar-refractivity contribution in [3.05, 3.63) is 45.6 Å².